The van der Waals surface area contributed by atoms with Gasteiger partial charge in [-0.05, 0) is 43.9 Å². The third-order valence-electron chi connectivity index (χ3n) is 5.71. The third kappa shape index (κ3) is 5.36. The Bertz CT molecular complexity index is 906. The SMILES string of the molecule is COC(=O)C=C(C)c1ccc(CC(C)N2CCOC(O)(c3cccc(C)c3)C2)cc1. The lowest BCUT2D eigenvalue weighted by Gasteiger charge is -2.42. The molecule has 1 aliphatic heterocycles. The lowest BCUT2D eigenvalue weighted by Crippen LogP contribution is -2.53. The number of nitrogens with zero attached hydrogens (tertiary/aromatic N) is 1. The molecule has 1 saturated heterocycles. The molecule has 0 saturated carbocycles. The molecule has 0 amide bonds. The van der Waals surface area contributed by atoms with Gasteiger partial charge in [-0.3, -0.25) is 4.90 Å². The number of benzene rings is 2. The van der Waals surface area contributed by atoms with Crippen molar-refractivity contribution in [3.05, 3.63) is 76.9 Å². The molecule has 1 fully saturated rings. The Morgan fingerprint density at radius 1 is 1.30 bits per heavy atom. The van der Waals surface area contributed by atoms with E-state index >= 15 is 0 Å². The van der Waals surface area contributed by atoms with Crippen LogP contribution in [0.15, 0.2) is 54.6 Å². The van der Waals surface area contributed by atoms with Crippen LogP contribution in [-0.2, 0) is 26.5 Å². The summed E-state index contributed by atoms with van der Waals surface area (Å²) >= 11 is 0. The van der Waals surface area contributed by atoms with Gasteiger partial charge in [0.25, 0.3) is 0 Å². The highest BCUT2D eigenvalue weighted by atomic mass is 16.6. The van der Waals surface area contributed by atoms with E-state index in [-0.39, 0.29) is 12.0 Å². The van der Waals surface area contributed by atoms with E-state index in [1.807, 2.05) is 50.2 Å². The fraction of sp³-hybridized carbons (Fsp3) is 0.400. The molecule has 2 aromatic carbocycles. The minimum absolute atomic E-state index is 0.253. The van der Waals surface area contributed by atoms with Crippen molar-refractivity contribution < 1.29 is 19.4 Å². The van der Waals surface area contributed by atoms with E-state index in [0.29, 0.717) is 13.2 Å². The van der Waals surface area contributed by atoms with Crippen LogP contribution in [0.3, 0.4) is 0 Å². The number of aryl methyl sites for hydroxylation is 1. The van der Waals surface area contributed by atoms with Crippen LogP contribution in [0.4, 0.5) is 0 Å². The van der Waals surface area contributed by atoms with Gasteiger partial charge in [-0.2, -0.15) is 0 Å². The van der Waals surface area contributed by atoms with E-state index in [0.717, 1.165) is 35.2 Å². The lowest BCUT2D eigenvalue weighted by molar-refractivity contribution is -0.251. The molecule has 0 radical (unpaired) electrons. The molecular weight excluding hydrogens is 378 g/mol. The fourth-order valence-electron chi connectivity index (χ4n) is 3.86. The summed E-state index contributed by atoms with van der Waals surface area (Å²) in [6, 6.07) is 16.4. The molecule has 0 bridgehead atoms. The monoisotopic (exact) mass is 409 g/mol. The van der Waals surface area contributed by atoms with Crippen molar-refractivity contribution in [3.63, 3.8) is 0 Å². The van der Waals surface area contributed by atoms with Gasteiger partial charge in [-0.15, -0.1) is 0 Å². The first-order valence-electron chi connectivity index (χ1n) is 10.3. The zero-order valence-corrected chi connectivity index (χ0v) is 18.2. The van der Waals surface area contributed by atoms with E-state index in [2.05, 4.69) is 28.7 Å². The Hall–Kier alpha value is -2.47. The maximum Gasteiger partial charge on any atom is 0.330 e. The highest BCUT2D eigenvalue weighted by Gasteiger charge is 2.37. The number of ether oxygens (including phenoxy) is 2. The van der Waals surface area contributed by atoms with Crippen LogP contribution in [0.25, 0.3) is 5.57 Å². The standard InChI is InChI=1S/C25H31NO4/c1-18-6-5-7-23(14-18)25(28)17-26(12-13-30-25)20(3)16-21-8-10-22(11-9-21)19(2)15-24(27)29-4/h5-11,14-15,20,28H,12-13,16-17H2,1-4H3. The quantitative estimate of drug-likeness (QED) is 0.583. The summed E-state index contributed by atoms with van der Waals surface area (Å²) < 4.78 is 10.5. The van der Waals surface area contributed by atoms with Gasteiger partial charge >= 0.3 is 5.97 Å². The largest absolute Gasteiger partial charge is 0.466 e. The number of allylic oxidation sites excluding steroid dienone is 1. The molecule has 5 heteroatoms. The number of β-amino-alcohol motifs (C(OH)–C–C–N with tert-alkyl or cyclic N) is 1. The first kappa shape index (κ1) is 22.2. The van der Waals surface area contributed by atoms with Gasteiger partial charge in [0.05, 0.1) is 20.3 Å². The highest BCUT2D eigenvalue weighted by Crippen LogP contribution is 2.29. The lowest BCUT2D eigenvalue weighted by atomic mass is 9.98. The molecule has 3 rings (SSSR count). The number of carbonyl (C=O) groups is 1. The van der Waals surface area contributed by atoms with E-state index in [1.165, 1.54) is 18.7 Å². The maximum absolute atomic E-state index is 11.4. The number of aliphatic hydroxyl groups is 1. The minimum Gasteiger partial charge on any atom is -0.466 e. The van der Waals surface area contributed by atoms with E-state index < -0.39 is 5.79 Å². The minimum atomic E-state index is -1.28. The smallest absolute Gasteiger partial charge is 0.330 e. The summed E-state index contributed by atoms with van der Waals surface area (Å²) in [4.78, 5) is 13.7. The Morgan fingerprint density at radius 2 is 2.03 bits per heavy atom. The number of esters is 1. The highest BCUT2D eigenvalue weighted by molar-refractivity contribution is 5.90. The zero-order chi connectivity index (χ0) is 21.7. The molecule has 1 heterocycles. The summed E-state index contributed by atoms with van der Waals surface area (Å²) in [5.74, 6) is -1.63. The normalized spacial score (nSPS) is 21.3. The molecule has 1 aliphatic rings. The van der Waals surface area contributed by atoms with Gasteiger partial charge in [-0.25, -0.2) is 4.79 Å². The number of rotatable bonds is 6. The molecule has 1 N–H and O–H groups in total. The predicted octanol–water partition coefficient (Wildman–Crippen LogP) is 3.68. The molecule has 0 spiro atoms. The van der Waals surface area contributed by atoms with Gasteiger partial charge in [0.15, 0.2) is 0 Å². The van der Waals surface area contributed by atoms with Crippen LogP contribution in [0.5, 0.6) is 0 Å². The second-order valence-corrected chi connectivity index (χ2v) is 8.07. The Balaban J connectivity index is 1.66. The van der Waals surface area contributed by atoms with Crippen molar-refractivity contribution in [1.29, 1.82) is 0 Å². The number of carbonyl (C=O) groups excluding carboxylic acids is 1. The van der Waals surface area contributed by atoms with E-state index in [4.69, 9.17) is 4.74 Å². The Morgan fingerprint density at radius 3 is 2.70 bits per heavy atom. The van der Waals surface area contributed by atoms with Gasteiger partial charge in [0.2, 0.25) is 5.79 Å². The van der Waals surface area contributed by atoms with Crippen molar-refractivity contribution >= 4 is 11.5 Å². The molecule has 2 aromatic rings. The summed E-state index contributed by atoms with van der Waals surface area (Å²) in [6.45, 7) is 7.81. The van der Waals surface area contributed by atoms with Crippen molar-refractivity contribution in [2.75, 3.05) is 26.8 Å². The summed E-state index contributed by atoms with van der Waals surface area (Å²) in [5.41, 5.74) is 4.99. The van der Waals surface area contributed by atoms with Gasteiger partial charge in [0.1, 0.15) is 0 Å². The van der Waals surface area contributed by atoms with Crippen molar-refractivity contribution in [2.45, 2.75) is 39.0 Å². The second-order valence-electron chi connectivity index (χ2n) is 8.07. The van der Waals surface area contributed by atoms with Crippen LogP contribution in [-0.4, -0.2) is 48.8 Å². The third-order valence-corrected chi connectivity index (χ3v) is 5.71. The number of hydrogen-bond donors (Lipinski definition) is 1. The predicted molar refractivity (Wildman–Crippen MR) is 118 cm³/mol. The molecule has 2 atom stereocenters. The molecule has 5 nitrogen and oxygen atoms in total. The number of methoxy groups -OCH3 is 1. The summed E-state index contributed by atoms with van der Waals surface area (Å²) in [7, 11) is 1.38. The van der Waals surface area contributed by atoms with Crippen molar-refractivity contribution in [3.8, 4) is 0 Å². The van der Waals surface area contributed by atoms with Crippen molar-refractivity contribution in [1.82, 2.24) is 4.90 Å². The van der Waals surface area contributed by atoms with Gasteiger partial charge in [0, 0.05) is 24.2 Å². The number of morpholine rings is 1. The molecule has 160 valence electrons. The van der Waals surface area contributed by atoms with E-state index in [1.54, 1.807) is 0 Å². The first-order chi connectivity index (χ1) is 14.3. The van der Waals surface area contributed by atoms with Crippen LogP contribution in [0.2, 0.25) is 0 Å². The van der Waals surface area contributed by atoms with Crippen molar-refractivity contribution in [2.24, 2.45) is 0 Å². The van der Waals surface area contributed by atoms with Gasteiger partial charge in [-0.1, -0.05) is 54.1 Å². The first-order valence-corrected chi connectivity index (χ1v) is 10.3. The molecular formula is C25H31NO4. The summed E-state index contributed by atoms with van der Waals surface area (Å²) in [5, 5.41) is 11.1. The average molecular weight is 410 g/mol. The fourth-order valence-corrected chi connectivity index (χ4v) is 3.86. The molecule has 0 aliphatic carbocycles. The van der Waals surface area contributed by atoms with Gasteiger partial charge < -0.3 is 14.6 Å². The van der Waals surface area contributed by atoms with Crippen LogP contribution in [0.1, 0.15) is 36.1 Å². The zero-order valence-electron chi connectivity index (χ0n) is 18.2. The number of hydrogen-bond acceptors (Lipinski definition) is 5. The topological polar surface area (TPSA) is 59.0 Å². The van der Waals surface area contributed by atoms with Crippen LogP contribution < -0.4 is 0 Å². The molecule has 0 aromatic heterocycles. The average Bonchev–Trinajstić information content (AvgIpc) is 2.74. The molecule has 2 unspecified atom stereocenters. The van der Waals surface area contributed by atoms with E-state index in [9.17, 15) is 9.90 Å². The molecule has 30 heavy (non-hydrogen) atoms. The van der Waals surface area contributed by atoms with Crippen LogP contribution in [0, 0.1) is 6.92 Å². The summed E-state index contributed by atoms with van der Waals surface area (Å²) in [6.07, 6.45) is 2.36. The Labute approximate surface area is 178 Å². The Kier molecular flexibility index (Phi) is 7.08. The maximum atomic E-state index is 11.4. The van der Waals surface area contributed by atoms with Crippen LogP contribution >= 0.6 is 0 Å². The second kappa shape index (κ2) is 9.56.